The number of nitrogens with one attached hydrogen (secondary N) is 2. The average molecular weight is 236 g/mol. The molecule has 5 nitrogen and oxygen atoms in total. The smallest absolute Gasteiger partial charge is 0.271 e. The number of rotatable bonds is 3. The highest BCUT2D eigenvalue weighted by atomic mass is 16.2. The van der Waals surface area contributed by atoms with E-state index in [1.165, 1.54) is 0 Å². The second kappa shape index (κ2) is 5.31. The molecule has 1 amide bonds. The quantitative estimate of drug-likeness (QED) is 0.731. The largest absolute Gasteiger partial charge is 0.348 e. The summed E-state index contributed by atoms with van der Waals surface area (Å²) in [6.07, 6.45) is 4.78. The van der Waals surface area contributed by atoms with E-state index in [2.05, 4.69) is 15.5 Å². The van der Waals surface area contributed by atoms with E-state index in [-0.39, 0.29) is 11.9 Å². The molecule has 1 saturated carbocycles. The third-order valence-corrected chi connectivity index (χ3v) is 3.35. The summed E-state index contributed by atoms with van der Waals surface area (Å²) < 4.78 is 0. The van der Waals surface area contributed by atoms with Gasteiger partial charge in [-0.15, -0.1) is 0 Å². The summed E-state index contributed by atoms with van der Waals surface area (Å²) in [7, 11) is 0. The topological polar surface area (TPSA) is 83.8 Å². The lowest BCUT2D eigenvalue weighted by molar-refractivity contribution is 0.0921. The van der Waals surface area contributed by atoms with Gasteiger partial charge in [0.1, 0.15) is 5.69 Å². The van der Waals surface area contributed by atoms with Crippen molar-refractivity contribution in [2.45, 2.75) is 51.1 Å². The van der Waals surface area contributed by atoms with Gasteiger partial charge in [0.15, 0.2) is 0 Å². The van der Waals surface area contributed by atoms with Gasteiger partial charge in [-0.1, -0.05) is 6.92 Å². The van der Waals surface area contributed by atoms with Crippen molar-refractivity contribution in [3.8, 4) is 0 Å². The molecule has 17 heavy (non-hydrogen) atoms. The van der Waals surface area contributed by atoms with E-state index >= 15 is 0 Å². The number of nitrogens with two attached hydrogens (primary N) is 1. The Bertz CT molecular complexity index is 380. The summed E-state index contributed by atoms with van der Waals surface area (Å²) >= 11 is 0. The number of aryl methyl sites for hydroxylation is 1. The molecular weight excluding hydrogens is 216 g/mol. The van der Waals surface area contributed by atoms with Crippen molar-refractivity contribution in [2.75, 3.05) is 0 Å². The maximum absolute atomic E-state index is 11.9. The summed E-state index contributed by atoms with van der Waals surface area (Å²) in [4.78, 5) is 11.9. The molecular formula is C12H20N4O. The number of hydrogen-bond donors (Lipinski definition) is 3. The van der Waals surface area contributed by atoms with Gasteiger partial charge in [-0.2, -0.15) is 5.10 Å². The van der Waals surface area contributed by atoms with E-state index in [4.69, 9.17) is 5.73 Å². The Morgan fingerprint density at radius 1 is 1.53 bits per heavy atom. The first kappa shape index (κ1) is 12.1. The minimum Gasteiger partial charge on any atom is -0.348 e. The van der Waals surface area contributed by atoms with Gasteiger partial charge >= 0.3 is 0 Å². The third kappa shape index (κ3) is 3.06. The van der Waals surface area contributed by atoms with Crippen LogP contribution in [0, 0.1) is 0 Å². The lowest BCUT2D eigenvalue weighted by Gasteiger charge is -2.26. The van der Waals surface area contributed by atoms with Gasteiger partial charge in [0.2, 0.25) is 0 Å². The van der Waals surface area contributed by atoms with Crippen molar-refractivity contribution in [3.05, 3.63) is 17.5 Å². The van der Waals surface area contributed by atoms with Gasteiger partial charge in [0.05, 0.1) is 0 Å². The van der Waals surface area contributed by atoms with Crippen molar-refractivity contribution < 1.29 is 4.79 Å². The first-order valence-electron chi connectivity index (χ1n) is 6.29. The summed E-state index contributed by atoms with van der Waals surface area (Å²) in [5.41, 5.74) is 7.30. The fraction of sp³-hybridized carbons (Fsp3) is 0.667. The fourth-order valence-electron chi connectivity index (χ4n) is 2.18. The summed E-state index contributed by atoms with van der Waals surface area (Å²) in [6.45, 7) is 2.03. The molecule has 1 fully saturated rings. The molecule has 0 radical (unpaired) electrons. The number of amides is 1. The maximum Gasteiger partial charge on any atom is 0.271 e. The van der Waals surface area contributed by atoms with Crippen LogP contribution in [0.4, 0.5) is 0 Å². The van der Waals surface area contributed by atoms with Crippen LogP contribution in [-0.4, -0.2) is 28.2 Å². The van der Waals surface area contributed by atoms with Gasteiger partial charge in [-0.25, -0.2) is 0 Å². The average Bonchev–Trinajstić information content (AvgIpc) is 2.81. The molecule has 0 bridgehead atoms. The van der Waals surface area contributed by atoms with Crippen LogP contribution in [0.3, 0.4) is 0 Å². The Kier molecular flexibility index (Phi) is 3.78. The highest BCUT2D eigenvalue weighted by Gasteiger charge is 2.21. The second-order valence-corrected chi connectivity index (χ2v) is 4.72. The van der Waals surface area contributed by atoms with Crippen LogP contribution in [0.25, 0.3) is 0 Å². The van der Waals surface area contributed by atoms with Crippen molar-refractivity contribution in [3.63, 3.8) is 0 Å². The maximum atomic E-state index is 11.9. The van der Waals surface area contributed by atoms with Gasteiger partial charge < -0.3 is 11.1 Å². The van der Waals surface area contributed by atoms with E-state index < -0.39 is 0 Å². The van der Waals surface area contributed by atoms with E-state index in [0.717, 1.165) is 37.8 Å². The number of H-pyrrole nitrogens is 1. The lowest BCUT2D eigenvalue weighted by atomic mass is 9.92. The molecule has 1 aromatic heterocycles. The predicted molar refractivity (Wildman–Crippen MR) is 65.7 cm³/mol. The molecule has 1 aliphatic carbocycles. The lowest BCUT2D eigenvalue weighted by Crippen LogP contribution is -2.40. The zero-order chi connectivity index (χ0) is 12.3. The molecule has 94 valence electrons. The van der Waals surface area contributed by atoms with E-state index in [0.29, 0.717) is 11.7 Å². The molecule has 0 aliphatic heterocycles. The standard InChI is InChI=1S/C12H20N4O/c1-2-9-7-11(16-15-9)12(17)14-10-5-3-8(13)4-6-10/h7-8,10H,2-6,13H2,1H3,(H,14,17)(H,15,16). The van der Waals surface area contributed by atoms with Crippen molar-refractivity contribution in [1.29, 1.82) is 0 Å². The molecule has 1 heterocycles. The number of carbonyl (C=O) groups is 1. The minimum atomic E-state index is -0.0820. The molecule has 0 unspecified atom stereocenters. The SMILES string of the molecule is CCc1cc(C(=O)NC2CCC(N)CC2)n[nH]1. The van der Waals surface area contributed by atoms with Gasteiger partial charge in [-0.05, 0) is 38.2 Å². The first-order chi connectivity index (χ1) is 8.19. The normalized spacial score (nSPS) is 24.6. The third-order valence-electron chi connectivity index (χ3n) is 3.35. The van der Waals surface area contributed by atoms with Crippen molar-refractivity contribution in [1.82, 2.24) is 15.5 Å². The Labute approximate surface area is 101 Å². The van der Waals surface area contributed by atoms with E-state index in [9.17, 15) is 4.79 Å². The summed E-state index contributed by atoms with van der Waals surface area (Å²) in [6, 6.07) is 2.37. The van der Waals surface area contributed by atoms with Crippen LogP contribution in [0.5, 0.6) is 0 Å². The molecule has 0 aromatic carbocycles. The Hall–Kier alpha value is -1.36. The molecule has 5 heteroatoms. The molecule has 1 aliphatic rings. The molecule has 4 N–H and O–H groups in total. The Morgan fingerprint density at radius 3 is 2.82 bits per heavy atom. The molecule has 0 saturated heterocycles. The van der Waals surface area contributed by atoms with Crippen LogP contribution < -0.4 is 11.1 Å². The van der Waals surface area contributed by atoms with E-state index in [1.807, 2.05) is 13.0 Å². The highest BCUT2D eigenvalue weighted by Crippen LogP contribution is 2.17. The fourth-order valence-corrected chi connectivity index (χ4v) is 2.18. The monoisotopic (exact) mass is 236 g/mol. The number of hydrogen-bond acceptors (Lipinski definition) is 3. The first-order valence-corrected chi connectivity index (χ1v) is 6.29. The van der Waals surface area contributed by atoms with Crippen LogP contribution in [0.1, 0.15) is 48.8 Å². The molecule has 1 aromatic rings. The molecule has 0 atom stereocenters. The zero-order valence-electron chi connectivity index (χ0n) is 10.2. The second-order valence-electron chi connectivity index (χ2n) is 4.72. The van der Waals surface area contributed by atoms with Gasteiger partial charge in [0, 0.05) is 17.8 Å². The Balaban J connectivity index is 1.88. The Morgan fingerprint density at radius 2 is 2.24 bits per heavy atom. The van der Waals surface area contributed by atoms with Crippen molar-refractivity contribution >= 4 is 5.91 Å². The highest BCUT2D eigenvalue weighted by molar-refractivity contribution is 5.92. The number of aromatic amines is 1. The van der Waals surface area contributed by atoms with Crippen LogP contribution in [0.15, 0.2) is 6.07 Å². The molecule has 2 rings (SSSR count). The number of carbonyl (C=O) groups excluding carboxylic acids is 1. The van der Waals surface area contributed by atoms with Gasteiger partial charge in [-0.3, -0.25) is 9.89 Å². The van der Waals surface area contributed by atoms with Crippen LogP contribution in [-0.2, 0) is 6.42 Å². The van der Waals surface area contributed by atoms with Gasteiger partial charge in [0.25, 0.3) is 5.91 Å². The van der Waals surface area contributed by atoms with Crippen LogP contribution in [0.2, 0.25) is 0 Å². The summed E-state index contributed by atoms with van der Waals surface area (Å²) in [5, 5.41) is 9.87. The minimum absolute atomic E-state index is 0.0820. The van der Waals surface area contributed by atoms with E-state index in [1.54, 1.807) is 0 Å². The van der Waals surface area contributed by atoms with Crippen molar-refractivity contribution in [2.24, 2.45) is 5.73 Å². The number of nitrogens with zero attached hydrogens (tertiary/aromatic N) is 1. The molecule has 0 spiro atoms. The predicted octanol–water partition coefficient (Wildman–Crippen LogP) is 0.972. The zero-order valence-corrected chi connectivity index (χ0v) is 10.2. The number of aromatic nitrogens is 2. The summed E-state index contributed by atoms with van der Waals surface area (Å²) in [5.74, 6) is -0.0820. The van der Waals surface area contributed by atoms with Crippen LogP contribution >= 0.6 is 0 Å².